The summed E-state index contributed by atoms with van der Waals surface area (Å²) in [4.78, 5) is 8.47. The maximum atomic E-state index is 12.8. The van der Waals surface area contributed by atoms with Gasteiger partial charge in [-0.3, -0.25) is 0 Å². The lowest BCUT2D eigenvalue weighted by Gasteiger charge is -2.28. The molecule has 1 saturated carbocycles. The summed E-state index contributed by atoms with van der Waals surface area (Å²) in [6.45, 7) is 0. The van der Waals surface area contributed by atoms with Gasteiger partial charge in [0.2, 0.25) is 10.0 Å². The van der Waals surface area contributed by atoms with Crippen molar-refractivity contribution in [2.24, 2.45) is 0 Å². The Kier molecular flexibility index (Phi) is 5.85. The predicted molar refractivity (Wildman–Crippen MR) is 107 cm³/mol. The number of hydrogen-bond donors (Lipinski definition) is 1. The molecule has 8 heteroatoms. The largest absolute Gasteiger partial charge is 0.460 e. The molecule has 0 bridgehead atoms. The number of hydrogen-bond acceptors (Lipinski definition) is 5. The minimum atomic E-state index is -3.50. The zero-order chi connectivity index (χ0) is 19.6. The van der Waals surface area contributed by atoms with Gasteiger partial charge in [-0.25, -0.2) is 23.1 Å². The molecule has 1 heterocycles. The fourth-order valence-electron chi connectivity index (χ4n) is 3.97. The number of halogens is 1. The summed E-state index contributed by atoms with van der Waals surface area (Å²) in [5.41, 5.74) is 2.46. The monoisotopic (exact) mass is 421 g/mol. The van der Waals surface area contributed by atoms with Crippen molar-refractivity contribution in [2.75, 3.05) is 0 Å². The quantitative estimate of drug-likeness (QED) is 0.796. The smallest absolute Gasteiger partial charge is 0.316 e. The highest BCUT2D eigenvalue weighted by Crippen LogP contribution is 2.26. The molecular formula is C20H24ClN3O3S. The van der Waals surface area contributed by atoms with Gasteiger partial charge in [-0.15, -0.1) is 0 Å². The highest BCUT2D eigenvalue weighted by atomic mass is 35.5. The Bertz CT molecular complexity index is 926. The third kappa shape index (κ3) is 4.64. The van der Waals surface area contributed by atoms with Gasteiger partial charge in [0.15, 0.2) is 0 Å². The second-order valence-corrected chi connectivity index (χ2v) is 9.68. The topological polar surface area (TPSA) is 81.2 Å². The summed E-state index contributed by atoms with van der Waals surface area (Å²) in [6.07, 6.45) is 10.3. The van der Waals surface area contributed by atoms with Crippen LogP contribution >= 0.6 is 11.6 Å². The third-order valence-corrected chi connectivity index (χ3v) is 7.21. The first-order valence-electron chi connectivity index (χ1n) is 9.78. The van der Waals surface area contributed by atoms with Gasteiger partial charge in [0.25, 0.3) is 0 Å². The molecule has 0 unspecified atom stereocenters. The van der Waals surface area contributed by atoms with Gasteiger partial charge in [0, 0.05) is 6.04 Å². The van der Waals surface area contributed by atoms with Crippen molar-refractivity contribution in [2.45, 2.75) is 68.4 Å². The maximum Gasteiger partial charge on any atom is 0.316 e. The molecular weight excluding hydrogens is 398 g/mol. The van der Waals surface area contributed by atoms with E-state index >= 15 is 0 Å². The molecule has 0 saturated heterocycles. The van der Waals surface area contributed by atoms with Crippen molar-refractivity contribution < 1.29 is 13.2 Å². The van der Waals surface area contributed by atoms with E-state index in [9.17, 15) is 8.42 Å². The van der Waals surface area contributed by atoms with Crippen molar-refractivity contribution in [3.63, 3.8) is 0 Å². The second kappa shape index (κ2) is 8.35. The summed E-state index contributed by atoms with van der Waals surface area (Å²) in [5.74, 6) is 0. The van der Waals surface area contributed by atoms with Gasteiger partial charge in [0.1, 0.15) is 6.10 Å². The van der Waals surface area contributed by atoms with E-state index in [0.717, 1.165) is 44.9 Å². The van der Waals surface area contributed by atoms with Crippen molar-refractivity contribution in [3.8, 4) is 6.01 Å². The molecule has 0 amide bonds. The Morgan fingerprint density at radius 1 is 1.00 bits per heavy atom. The summed E-state index contributed by atoms with van der Waals surface area (Å²) in [7, 11) is -3.50. The number of ether oxygens (including phenoxy) is 1. The van der Waals surface area contributed by atoms with Gasteiger partial charge < -0.3 is 4.74 Å². The van der Waals surface area contributed by atoms with Gasteiger partial charge in [-0.2, -0.15) is 0 Å². The zero-order valence-electron chi connectivity index (χ0n) is 15.6. The SMILES string of the molecule is O=S(=O)(NC1CCC(Oc2ncc(Cl)cn2)CC1)c1ccc2c(c1)CCCC2. The molecule has 4 rings (SSSR count). The predicted octanol–water partition coefficient (Wildman–Crippen LogP) is 3.68. The summed E-state index contributed by atoms with van der Waals surface area (Å²) >= 11 is 5.78. The molecule has 2 aliphatic rings. The molecule has 1 aromatic carbocycles. The van der Waals surface area contributed by atoms with E-state index in [1.165, 1.54) is 29.9 Å². The highest BCUT2D eigenvalue weighted by Gasteiger charge is 2.27. The van der Waals surface area contributed by atoms with Crippen molar-refractivity contribution in [3.05, 3.63) is 46.7 Å². The molecule has 6 nitrogen and oxygen atoms in total. The fourth-order valence-corrected chi connectivity index (χ4v) is 5.43. The Morgan fingerprint density at radius 2 is 1.68 bits per heavy atom. The van der Waals surface area contributed by atoms with E-state index in [1.54, 1.807) is 6.07 Å². The lowest BCUT2D eigenvalue weighted by molar-refractivity contribution is 0.132. The van der Waals surface area contributed by atoms with Gasteiger partial charge in [0.05, 0.1) is 22.3 Å². The minimum absolute atomic E-state index is 0.00864. The van der Waals surface area contributed by atoms with Crippen LogP contribution in [-0.4, -0.2) is 30.5 Å². The molecule has 0 aliphatic heterocycles. The Morgan fingerprint density at radius 3 is 2.39 bits per heavy atom. The number of aromatic nitrogens is 2. The van der Waals surface area contributed by atoms with E-state index in [0.29, 0.717) is 15.9 Å². The van der Waals surface area contributed by atoms with Gasteiger partial charge >= 0.3 is 6.01 Å². The molecule has 150 valence electrons. The van der Waals surface area contributed by atoms with Crippen LogP contribution in [0.1, 0.15) is 49.7 Å². The maximum absolute atomic E-state index is 12.8. The van der Waals surface area contributed by atoms with Crippen molar-refractivity contribution in [1.29, 1.82) is 0 Å². The normalized spacial score (nSPS) is 22.5. The lowest BCUT2D eigenvalue weighted by atomic mass is 9.92. The molecule has 1 fully saturated rings. The van der Waals surface area contributed by atoms with Crippen LogP contribution in [-0.2, 0) is 22.9 Å². The summed E-state index contributed by atoms with van der Waals surface area (Å²) < 4.78 is 34.3. The van der Waals surface area contributed by atoms with E-state index in [-0.39, 0.29) is 12.1 Å². The molecule has 28 heavy (non-hydrogen) atoms. The summed E-state index contributed by atoms with van der Waals surface area (Å²) in [5, 5.41) is 0.465. The number of fused-ring (bicyclic) bond motifs is 1. The van der Waals surface area contributed by atoms with Crippen LogP contribution in [0.4, 0.5) is 0 Å². The molecule has 1 N–H and O–H groups in total. The fraction of sp³-hybridized carbons (Fsp3) is 0.500. The van der Waals surface area contributed by atoms with Crippen molar-refractivity contribution in [1.82, 2.24) is 14.7 Å². The van der Waals surface area contributed by atoms with Crippen LogP contribution in [0.2, 0.25) is 5.02 Å². The van der Waals surface area contributed by atoms with E-state index < -0.39 is 10.0 Å². The number of aryl methyl sites for hydroxylation is 2. The van der Waals surface area contributed by atoms with Gasteiger partial charge in [-0.05, 0) is 74.6 Å². The first-order valence-corrected chi connectivity index (χ1v) is 11.6. The van der Waals surface area contributed by atoms with E-state index in [2.05, 4.69) is 14.7 Å². The molecule has 2 aliphatic carbocycles. The lowest BCUT2D eigenvalue weighted by Crippen LogP contribution is -2.39. The molecule has 1 aromatic heterocycles. The molecule has 0 spiro atoms. The Balaban J connectivity index is 1.34. The zero-order valence-corrected chi connectivity index (χ0v) is 17.2. The average Bonchev–Trinajstić information content (AvgIpc) is 2.70. The number of sulfonamides is 1. The van der Waals surface area contributed by atoms with Crippen molar-refractivity contribution >= 4 is 21.6 Å². The van der Waals surface area contributed by atoms with E-state index in [4.69, 9.17) is 16.3 Å². The Labute approximate surface area is 170 Å². The summed E-state index contributed by atoms with van der Waals surface area (Å²) in [6, 6.07) is 5.79. The Hall–Kier alpha value is -1.70. The molecule has 0 atom stereocenters. The average molecular weight is 422 g/mol. The van der Waals surface area contributed by atoms with Crippen LogP contribution in [0.3, 0.4) is 0 Å². The first kappa shape index (κ1) is 19.6. The van der Waals surface area contributed by atoms with Crippen LogP contribution < -0.4 is 9.46 Å². The molecule has 0 radical (unpaired) electrons. The molecule has 2 aromatic rings. The van der Waals surface area contributed by atoms with Gasteiger partial charge in [-0.1, -0.05) is 17.7 Å². The van der Waals surface area contributed by atoms with Crippen LogP contribution in [0.15, 0.2) is 35.5 Å². The highest BCUT2D eigenvalue weighted by molar-refractivity contribution is 7.89. The second-order valence-electron chi connectivity index (χ2n) is 7.53. The van der Waals surface area contributed by atoms with E-state index in [1.807, 2.05) is 12.1 Å². The minimum Gasteiger partial charge on any atom is -0.460 e. The van der Waals surface area contributed by atoms with Crippen LogP contribution in [0.5, 0.6) is 6.01 Å². The van der Waals surface area contributed by atoms with Crippen LogP contribution in [0.25, 0.3) is 0 Å². The first-order chi connectivity index (χ1) is 13.5. The number of benzene rings is 1. The third-order valence-electron chi connectivity index (χ3n) is 5.50. The number of rotatable bonds is 5. The number of nitrogens with zero attached hydrogens (tertiary/aromatic N) is 2. The van der Waals surface area contributed by atoms with Crippen LogP contribution in [0, 0.1) is 0 Å². The standard InChI is InChI=1S/C20H24ClN3O3S/c21-16-12-22-20(23-13-16)27-18-8-6-17(7-9-18)24-28(25,26)19-10-5-14-3-1-2-4-15(14)11-19/h5,10-13,17-18,24H,1-4,6-9H2. The number of nitrogens with one attached hydrogen (secondary N) is 1.